The second-order valence-electron chi connectivity index (χ2n) is 10.5. The third kappa shape index (κ3) is 4.97. The molecule has 7 heteroatoms. The van der Waals surface area contributed by atoms with Crippen molar-refractivity contribution in [3.63, 3.8) is 0 Å². The number of aromatic nitrogens is 2. The second-order valence-corrected chi connectivity index (χ2v) is 10.5. The molecule has 3 N–H and O–H groups in total. The van der Waals surface area contributed by atoms with E-state index < -0.39 is 5.54 Å². The van der Waals surface area contributed by atoms with Crippen LogP contribution in [0.25, 0.3) is 5.57 Å². The SMILES string of the molecule is CC(=O)N1CCC(N)(c2ccc(CC(=O)c3ncc(C#N)[nH]3)c(C3=CCC(C)(C)CC3)c2)CC1. The zero-order chi connectivity index (χ0) is 24.5. The van der Waals surface area contributed by atoms with Crippen LogP contribution in [0.2, 0.25) is 0 Å². The molecule has 0 unspecified atom stereocenters. The summed E-state index contributed by atoms with van der Waals surface area (Å²) >= 11 is 0. The summed E-state index contributed by atoms with van der Waals surface area (Å²) in [5.41, 5.74) is 11.3. The van der Waals surface area contributed by atoms with Gasteiger partial charge in [0.05, 0.1) is 6.20 Å². The molecule has 178 valence electrons. The maximum Gasteiger partial charge on any atom is 0.219 e. The molecule has 1 saturated heterocycles. The van der Waals surface area contributed by atoms with Gasteiger partial charge in [-0.05, 0) is 65.8 Å². The third-order valence-corrected chi connectivity index (χ3v) is 7.42. The summed E-state index contributed by atoms with van der Waals surface area (Å²) in [5.74, 6) is 0.144. The summed E-state index contributed by atoms with van der Waals surface area (Å²) in [7, 11) is 0. The number of H-pyrrole nitrogens is 1. The summed E-state index contributed by atoms with van der Waals surface area (Å²) in [5, 5.41) is 9.03. The first-order chi connectivity index (χ1) is 16.1. The lowest BCUT2D eigenvalue weighted by atomic mass is 9.75. The molecule has 1 aliphatic carbocycles. The lowest BCUT2D eigenvalue weighted by Gasteiger charge is -2.39. The number of piperidine rings is 1. The van der Waals surface area contributed by atoms with E-state index >= 15 is 0 Å². The van der Waals surface area contributed by atoms with Gasteiger partial charge in [0.1, 0.15) is 11.8 Å². The molecular formula is C27H33N5O2. The van der Waals surface area contributed by atoms with Crippen molar-refractivity contribution in [1.29, 1.82) is 5.26 Å². The molecule has 0 saturated carbocycles. The van der Waals surface area contributed by atoms with Crippen molar-refractivity contribution in [2.75, 3.05) is 13.1 Å². The average Bonchev–Trinajstić information content (AvgIpc) is 3.29. The molecule has 0 radical (unpaired) electrons. The van der Waals surface area contributed by atoms with Crippen LogP contribution in [0, 0.1) is 16.7 Å². The molecule has 0 atom stereocenters. The molecular weight excluding hydrogens is 426 g/mol. The van der Waals surface area contributed by atoms with Crippen molar-refractivity contribution < 1.29 is 9.59 Å². The van der Waals surface area contributed by atoms with Gasteiger partial charge in [0.15, 0.2) is 5.82 Å². The number of nitriles is 1. The molecule has 1 aromatic carbocycles. The highest BCUT2D eigenvalue weighted by molar-refractivity contribution is 5.95. The fraction of sp³-hybridized carbons (Fsp3) is 0.481. The number of rotatable bonds is 5. The Morgan fingerprint density at radius 2 is 1.97 bits per heavy atom. The number of carbonyl (C=O) groups is 2. The highest BCUT2D eigenvalue weighted by atomic mass is 16.2. The lowest BCUT2D eigenvalue weighted by molar-refractivity contribution is -0.130. The number of imidazole rings is 1. The van der Waals surface area contributed by atoms with Gasteiger partial charge >= 0.3 is 0 Å². The maximum absolute atomic E-state index is 12.9. The van der Waals surface area contributed by atoms with Crippen molar-refractivity contribution in [1.82, 2.24) is 14.9 Å². The average molecular weight is 460 g/mol. The molecule has 2 heterocycles. The quantitative estimate of drug-likeness (QED) is 0.653. The maximum atomic E-state index is 12.9. The molecule has 34 heavy (non-hydrogen) atoms. The van der Waals surface area contributed by atoms with Crippen LogP contribution in [0.4, 0.5) is 0 Å². The van der Waals surface area contributed by atoms with E-state index in [0.29, 0.717) is 25.9 Å². The molecule has 0 bridgehead atoms. The van der Waals surface area contributed by atoms with Crippen LogP contribution < -0.4 is 5.73 Å². The molecule has 1 amide bonds. The van der Waals surface area contributed by atoms with E-state index in [1.54, 1.807) is 6.92 Å². The molecule has 4 rings (SSSR count). The highest BCUT2D eigenvalue weighted by Gasteiger charge is 2.34. The second kappa shape index (κ2) is 9.19. The van der Waals surface area contributed by atoms with Crippen LogP contribution in [0.15, 0.2) is 30.5 Å². The smallest absolute Gasteiger partial charge is 0.219 e. The number of nitrogens with zero attached hydrogens (tertiary/aromatic N) is 3. The van der Waals surface area contributed by atoms with Crippen LogP contribution in [-0.4, -0.2) is 39.6 Å². The number of nitrogens with one attached hydrogen (secondary N) is 1. The number of benzene rings is 1. The Labute approximate surface area is 201 Å². The number of hydrogen-bond donors (Lipinski definition) is 2. The van der Waals surface area contributed by atoms with Crippen LogP contribution in [-0.2, 0) is 16.8 Å². The summed E-state index contributed by atoms with van der Waals surface area (Å²) in [6.07, 6.45) is 8.33. The van der Waals surface area contributed by atoms with E-state index in [9.17, 15) is 9.59 Å². The Bertz CT molecular complexity index is 1180. The number of amides is 1. The number of likely N-dealkylation sites (tertiary alicyclic amines) is 1. The molecule has 2 aromatic rings. The predicted octanol–water partition coefficient (Wildman–Crippen LogP) is 4.10. The van der Waals surface area contributed by atoms with E-state index in [4.69, 9.17) is 11.0 Å². The summed E-state index contributed by atoms with van der Waals surface area (Å²) in [6, 6.07) is 8.19. The topological polar surface area (TPSA) is 116 Å². The Morgan fingerprint density at radius 3 is 2.56 bits per heavy atom. The van der Waals surface area contributed by atoms with Crippen LogP contribution in [0.5, 0.6) is 0 Å². The van der Waals surface area contributed by atoms with Gasteiger partial charge in [0.2, 0.25) is 11.7 Å². The van der Waals surface area contributed by atoms with Crippen molar-refractivity contribution in [3.05, 3.63) is 58.7 Å². The molecule has 1 aliphatic heterocycles. The number of hydrogen-bond acceptors (Lipinski definition) is 5. The fourth-order valence-electron chi connectivity index (χ4n) is 4.95. The Morgan fingerprint density at radius 1 is 1.24 bits per heavy atom. The Kier molecular flexibility index (Phi) is 6.46. The van der Waals surface area contributed by atoms with Gasteiger partial charge in [0.25, 0.3) is 0 Å². The molecule has 0 spiro atoms. The first-order valence-corrected chi connectivity index (χ1v) is 12.0. The molecule has 2 aliphatic rings. The van der Waals surface area contributed by atoms with E-state index in [0.717, 1.165) is 36.0 Å². The van der Waals surface area contributed by atoms with Crippen LogP contribution in [0.1, 0.15) is 85.9 Å². The van der Waals surface area contributed by atoms with Gasteiger partial charge in [0, 0.05) is 32.0 Å². The van der Waals surface area contributed by atoms with Gasteiger partial charge in [-0.3, -0.25) is 9.59 Å². The van der Waals surface area contributed by atoms with E-state index in [2.05, 4.69) is 36.0 Å². The minimum atomic E-state index is -0.500. The van der Waals surface area contributed by atoms with Crippen molar-refractivity contribution in [2.45, 2.75) is 64.8 Å². The van der Waals surface area contributed by atoms with Gasteiger partial charge in [-0.15, -0.1) is 0 Å². The monoisotopic (exact) mass is 459 g/mol. The minimum absolute atomic E-state index is 0.0871. The van der Waals surface area contributed by atoms with E-state index in [1.807, 2.05) is 23.1 Å². The summed E-state index contributed by atoms with van der Waals surface area (Å²) in [4.78, 5) is 33.4. The summed E-state index contributed by atoms with van der Waals surface area (Å²) < 4.78 is 0. The Balaban J connectivity index is 1.66. The third-order valence-electron chi connectivity index (χ3n) is 7.42. The number of nitrogens with two attached hydrogens (primary N) is 1. The van der Waals surface area contributed by atoms with Crippen LogP contribution >= 0.6 is 0 Å². The number of Topliss-reactive ketones (excluding diaryl/α,β-unsaturated/α-hetero) is 1. The van der Waals surface area contributed by atoms with E-state index in [-0.39, 0.29) is 35.0 Å². The highest BCUT2D eigenvalue weighted by Crippen LogP contribution is 2.40. The lowest BCUT2D eigenvalue weighted by Crippen LogP contribution is -2.49. The van der Waals surface area contributed by atoms with Gasteiger partial charge in [-0.1, -0.05) is 32.1 Å². The number of ketones is 1. The van der Waals surface area contributed by atoms with Gasteiger partial charge in [-0.2, -0.15) is 5.26 Å². The first kappa shape index (κ1) is 23.9. The standard InChI is InChI=1S/C27H33N5O2/c1-18(33)32-12-10-27(29,11-13-32)21-5-4-20(14-24(34)25-30-17-22(16-28)31-25)23(15-21)19-6-8-26(2,3)9-7-19/h4-6,15,17H,7-14,29H2,1-3H3,(H,30,31). The normalized spacial score (nSPS) is 19.3. The predicted molar refractivity (Wildman–Crippen MR) is 131 cm³/mol. The van der Waals surface area contributed by atoms with Crippen molar-refractivity contribution >= 4 is 17.3 Å². The van der Waals surface area contributed by atoms with E-state index in [1.165, 1.54) is 11.8 Å². The fourth-order valence-corrected chi connectivity index (χ4v) is 4.95. The zero-order valence-corrected chi connectivity index (χ0v) is 20.3. The zero-order valence-electron chi connectivity index (χ0n) is 20.3. The number of aromatic amines is 1. The molecule has 1 fully saturated rings. The van der Waals surface area contributed by atoms with Gasteiger partial charge in [-0.25, -0.2) is 4.98 Å². The molecule has 1 aromatic heterocycles. The van der Waals surface area contributed by atoms with Gasteiger partial charge < -0.3 is 15.6 Å². The Hall–Kier alpha value is -3.24. The largest absolute Gasteiger partial charge is 0.343 e. The minimum Gasteiger partial charge on any atom is -0.343 e. The van der Waals surface area contributed by atoms with Crippen molar-refractivity contribution in [2.24, 2.45) is 11.1 Å². The number of carbonyl (C=O) groups excluding carboxylic acids is 2. The first-order valence-electron chi connectivity index (χ1n) is 12.0. The molecule has 7 nitrogen and oxygen atoms in total. The van der Waals surface area contributed by atoms with Crippen molar-refractivity contribution in [3.8, 4) is 6.07 Å². The summed E-state index contributed by atoms with van der Waals surface area (Å²) in [6.45, 7) is 7.46. The number of allylic oxidation sites excluding steroid dienone is 2. The van der Waals surface area contributed by atoms with Crippen LogP contribution in [0.3, 0.4) is 0 Å².